The Morgan fingerprint density at radius 3 is 2.14 bits per heavy atom. The van der Waals surface area contributed by atoms with Gasteiger partial charge in [-0.2, -0.15) is 0 Å². The van der Waals surface area contributed by atoms with Gasteiger partial charge in [0.25, 0.3) is 0 Å². The van der Waals surface area contributed by atoms with Crippen molar-refractivity contribution in [1.29, 1.82) is 0 Å². The van der Waals surface area contributed by atoms with Crippen LogP contribution in [0.25, 0.3) is 11.1 Å². The monoisotopic (exact) mass is 387 g/mol. The summed E-state index contributed by atoms with van der Waals surface area (Å²) in [5.74, 6) is -0.0193. The molecule has 0 heterocycles. The number of benzene rings is 3. The van der Waals surface area contributed by atoms with E-state index in [1.807, 2.05) is 66.7 Å². The van der Waals surface area contributed by atoms with Gasteiger partial charge in [0.05, 0.1) is 0 Å². The topological polar surface area (TPSA) is 70.2 Å². The number of nitrogens with one attached hydrogen (secondary N) is 3. The number of carbonyl (C=O) groups excluding carboxylic acids is 2. The van der Waals surface area contributed by atoms with Crippen LogP contribution in [0.4, 0.5) is 16.2 Å². The van der Waals surface area contributed by atoms with Gasteiger partial charge in [-0.3, -0.25) is 4.79 Å². The van der Waals surface area contributed by atoms with E-state index in [1.165, 1.54) is 0 Å². The molecule has 3 N–H and O–H groups in total. The third-order valence-corrected chi connectivity index (χ3v) is 4.62. The van der Waals surface area contributed by atoms with Crippen LogP contribution >= 0.6 is 0 Å². The van der Waals surface area contributed by atoms with E-state index in [-0.39, 0.29) is 11.9 Å². The first kappa shape index (κ1) is 20.1. The number of aryl methyl sites for hydroxylation is 1. The molecule has 0 atom stereocenters. The van der Waals surface area contributed by atoms with Crippen molar-refractivity contribution in [1.82, 2.24) is 5.32 Å². The van der Waals surface area contributed by atoms with Crippen LogP contribution in [0, 0.1) is 0 Å². The number of urea groups is 1. The number of carbonyl (C=O) groups is 2. The largest absolute Gasteiger partial charge is 0.341 e. The standard InChI is InChI=1S/C24H25N3O2/c1-25-24(29)27-22-12-6-5-10-20(22)11-7-13-23(28)26-21-16-14-19(15-17-21)18-8-3-2-4-9-18/h2-6,8-10,12,14-17H,7,11,13H2,1H3,(H,26,28)(H2,25,27,29). The maximum absolute atomic E-state index is 12.3. The fourth-order valence-electron chi connectivity index (χ4n) is 3.08. The lowest BCUT2D eigenvalue weighted by Gasteiger charge is -2.11. The van der Waals surface area contributed by atoms with Gasteiger partial charge < -0.3 is 16.0 Å². The van der Waals surface area contributed by atoms with E-state index < -0.39 is 0 Å². The third-order valence-electron chi connectivity index (χ3n) is 4.62. The maximum atomic E-state index is 12.3. The molecule has 148 valence electrons. The van der Waals surface area contributed by atoms with Gasteiger partial charge in [-0.05, 0) is 47.7 Å². The molecule has 0 spiro atoms. The zero-order chi connectivity index (χ0) is 20.5. The van der Waals surface area contributed by atoms with Crippen LogP contribution in [-0.2, 0) is 11.2 Å². The van der Waals surface area contributed by atoms with Crippen molar-refractivity contribution in [3.8, 4) is 11.1 Å². The molecule has 3 rings (SSSR count). The van der Waals surface area contributed by atoms with E-state index in [4.69, 9.17) is 0 Å². The first-order valence-electron chi connectivity index (χ1n) is 9.67. The summed E-state index contributed by atoms with van der Waals surface area (Å²) >= 11 is 0. The average Bonchev–Trinajstić information content (AvgIpc) is 2.76. The molecule has 5 nitrogen and oxygen atoms in total. The molecule has 3 amide bonds. The van der Waals surface area contributed by atoms with Crippen LogP contribution in [0.1, 0.15) is 18.4 Å². The van der Waals surface area contributed by atoms with E-state index >= 15 is 0 Å². The summed E-state index contributed by atoms with van der Waals surface area (Å²) < 4.78 is 0. The highest BCUT2D eigenvalue weighted by Crippen LogP contribution is 2.21. The smallest absolute Gasteiger partial charge is 0.318 e. The molecule has 0 aliphatic rings. The Bertz CT molecular complexity index is 953. The van der Waals surface area contributed by atoms with Gasteiger partial charge >= 0.3 is 6.03 Å². The second-order valence-corrected chi connectivity index (χ2v) is 6.71. The Hall–Kier alpha value is -3.60. The minimum absolute atomic E-state index is 0.0193. The fraction of sp³-hybridized carbons (Fsp3) is 0.167. The average molecular weight is 387 g/mol. The Labute approximate surface area is 171 Å². The van der Waals surface area contributed by atoms with Crippen molar-refractivity contribution >= 4 is 23.3 Å². The molecule has 0 aliphatic heterocycles. The van der Waals surface area contributed by atoms with Crippen LogP contribution in [0.5, 0.6) is 0 Å². The van der Waals surface area contributed by atoms with Gasteiger partial charge in [0.1, 0.15) is 0 Å². The lowest BCUT2D eigenvalue weighted by atomic mass is 10.0. The molecule has 29 heavy (non-hydrogen) atoms. The van der Waals surface area contributed by atoms with Gasteiger partial charge in [-0.25, -0.2) is 4.79 Å². The molecular weight excluding hydrogens is 362 g/mol. The van der Waals surface area contributed by atoms with E-state index in [0.717, 1.165) is 28.1 Å². The number of anilines is 2. The molecule has 0 saturated heterocycles. The minimum atomic E-state index is -0.255. The van der Waals surface area contributed by atoms with Crippen LogP contribution in [0.2, 0.25) is 0 Å². The van der Waals surface area contributed by atoms with Gasteiger partial charge in [-0.1, -0.05) is 60.7 Å². The summed E-state index contributed by atoms with van der Waals surface area (Å²) in [6, 6.07) is 25.3. The van der Waals surface area contributed by atoms with Crippen LogP contribution in [-0.4, -0.2) is 19.0 Å². The summed E-state index contributed by atoms with van der Waals surface area (Å²) in [7, 11) is 1.58. The Balaban J connectivity index is 1.50. The number of amides is 3. The van der Waals surface area contributed by atoms with E-state index in [9.17, 15) is 9.59 Å². The lowest BCUT2D eigenvalue weighted by molar-refractivity contribution is -0.116. The summed E-state index contributed by atoms with van der Waals surface area (Å²) in [4.78, 5) is 23.8. The number of hydrogen-bond donors (Lipinski definition) is 3. The fourth-order valence-corrected chi connectivity index (χ4v) is 3.08. The highest BCUT2D eigenvalue weighted by molar-refractivity contribution is 5.91. The minimum Gasteiger partial charge on any atom is -0.341 e. The van der Waals surface area contributed by atoms with Crippen LogP contribution in [0.3, 0.4) is 0 Å². The Morgan fingerprint density at radius 1 is 0.759 bits per heavy atom. The van der Waals surface area contributed by atoms with Crippen LogP contribution < -0.4 is 16.0 Å². The molecule has 3 aromatic carbocycles. The highest BCUT2D eigenvalue weighted by Gasteiger charge is 2.07. The lowest BCUT2D eigenvalue weighted by Crippen LogP contribution is -2.25. The Morgan fingerprint density at radius 2 is 1.41 bits per heavy atom. The first-order chi connectivity index (χ1) is 14.2. The summed E-state index contributed by atoms with van der Waals surface area (Å²) in [6.07, 6.45) is 1.82. The molecule has 0 aromatic heterocycles. The highest BCUT2D eigenvalue weighted by atomic mass is 16.2. The zero-order valence-electron chi connectivity index (χ0n) is 16.4. The zero-order valence-corrected chi connectivity index (χ0v) is 16.4. The first-order valence-corrected chi connectivity index (χ1v) is 9.67. The molecular formula is C24H25N3O2. The molecule has 0 radical (unpaired) electrons. The van der Waals surface area contributed by atoms with E-state index in [2.05, 4.69) is 28.1 Å². The molecule has 0 fully saturated rings. The number of para-hydroxylation sites is 1. The normalized spacial score (nSPS) is 10.2. The molecule has 0 bridgehead atoms. The van der Waals surface area contributed by atoms with Crippen molar-refractivity contribution < 1.29 is 9.59 Å². The molecule has 3 aromatic rings. The number of hydrogen-bond acceptors (Lipinski definition) is 2. The molecule has 0 saturated carbocycles. The summed E-state index contributed by atoms with van der Waals surface area (Å²) in [5.41, 5.74) is 4.83. The van der Waals surface area contributed by atoms with Crippen LogP contribution in [0.15, 0.2) is 78.9 Å². The van der Waals surface area contributed by atoms with E-state index in [1.54, 1.807) is 7.05 Å². The predicted molar refractivity (Wildman–Crippen MR) is 118 cm³/mol. The van der Waals surface area contributed by atoms with Crippen molar-refractivity contribution in [2.24, 2.45) is 0 Å². The van der Waals surface area contributed by atoms with Gasteiger partial charge in [0.2, 0.25) is 5.91 Å². The third kappa shape index (κ3) is 5.94. The Kier molecular flexibility index (Phi) is 7.00. The summed E-state index contributed by atoms with van der Waals surface area (Å²) in [6.45, 7) is 0. The maximum Gasteiger partial charge on any atom is 0.318 e. The second-order valence-electron chi connectivity index (χ2n) is 6.71. The van der Waals surface area contributed by atoms with E-state index in [0.29, 0.717) is 19.3 Å². The van der Waals surface area contributed by atoms with Crippen molar-refractivity contribution in [3.63, 3.8) is 0 Å². The summed E-state index contributed by atoms with van der Waals surface area (Å²) in [5, 5.41) is 8.29. The SMILES string of the molecule is CNC(=O)Nc1ccccc1CCCC(=O)Nc1ccc(-c2ccccc2)cc1. The van der Waals surface area contributed by atoms with Crippen molar-refractivity contribution in [2.75, 3.05) is 17.7 Å². The molecule has 0 unspecified atom stereocenters. The molecule has 0 aliphatic carbocycles. The van der Waals surface area contributed by atoms with Crippen molar-refractivity contribution in [3.05, 3.63) is 84.4 Å². The van der Waals surface area contributed by atoms with Gasteiger partial charge in [0.15, 0.2) is 0 Å². The van der Waals surface area contributed by atoms with Gasteiger partial charge in [0, 0.05) is 24.8 Å². The second kappa shape index (κ2) is 10.1. The predicted octanol–water partition coefficient (Wildman–Crippen LogP) is 5.07. The molecule has 5 heteroatoms. The van der Waals surface area contributed by atoms with Crippen molar-refractivity contribution in [2.45, 2.75) is 19.3 Å². The quantitative estimate of drug-likeness (QED) is 0.530. The number of rotatable bonds is 7. The van der Waals surface area contributed by atoms with Gasteiger partial charge in [-0.15, -0.1) is 0 Å².